The minimum Gasteiger partial charge on any atom is -0.491 e. The highest BCUT2D eigenvalue weighted by Crippen LogP contribution is 2.27. The van der Waals surface area contributed by atoms with Crippen LogP contribution in [0.4, 0.5) is 0 Å². The third kappa shape index (κ3) is 3.42. The monoisotopic (exact) mass is 273 g/mol. The van der Waals surface area contributed by atoms with Crippen LogP contribution in [-0.4, -0.2) is 13.2 Å². The van der Waals surface area contributed by atoms with E-state index >= 15 is 0 Å². The SMILES string of the molecule is CCc1ccc(C(NC)c2cccc(OC(C)C)c2)o1. The maximum Gasteiger partial charge on any atom is 0.125 e. The quantitative estimate of drug-likeness (QED) is 0.865. The Morgan fingerprint density at radius 1 is 1.20 bits per heavy atom. The first-order valence-electron chi connectivity index (χ1n) is 7.16. The molecule has 0 bridgehead atoms. The summed E-state index contributed by atoms with van der Waals surface area (Å²) in [6.45, 7) is 6.15. The van der Waals surface area contributed by atoms with Gasteiger partial charge in [-0.1, -0.05) is 19.1 Å². The molecule has 1 atom stereocenters. The van der Waals surface area contributed by atoms with Crippen LogP contribution in [0.2, 0.25) is 0 Å². The number of furan rings is 1. The van der Waals surface area contributed by atoms with E-state index < -0.39 is 0 Å². The van der Waals surface area contributed by atoms with Gasteiger partial charge in [0.25, 0.3) is 0 Å². The van der Waals surface area contributed by atoms with Crippen molar-refractivity contribution < 1.29 is 9.15 Å². The Labute approximate surface area is 121 Å². The van der Waals surface area contributed by atoms with Gasteiger partial charge in [-0.15, -0.1) is 0 Å². The maximum absolute atomic E-state index is 5.86. The lowest BCUT2D eigenvalue weighted by molar-refractivity contribution is 0.242. The van der Waals surface area contributed by atoms with E-state index in [4.69, 9.17) is 9.15 Å². The van der Waals surface area contributed by atoms with Gasteiger partial charge in [-0.2, -0.15) is 0 Å². The topological polar surface area (TPSA) is 34.4 Å². The van der Waals surface area contributed by atoms with Crippen LogP contribution in [0, 0.1) is 0 Å². The molecule has 1 aromatic carbocycles. The summed E-state index contributed by atoms with van der Waals surface area (Å²) in [6, 6.07) is 12.3. The second kappa shape index (κ2) is 6.62. The van der Waals surface area contributed by atoms with Gasteiger partial charge < -0.3 is 14.5 Å². The molecule has 108 valence electrons. The first-order chi connectivity index (χ1) is 9.63. The Hall–Kier alpha value is -1.74. The average Bonchev–Trinajstić information content (AvgIpc) is 2.88. The lowest BCUT2D eigenvalue weighted by Crippen LogP contribution is -2.17. The molecule has 1 heterocycles. The molecule has 0 fully saturated rings. The normalized spacial score (nSPS) is 12.7. The Morgan fingerprint density at radius 3 is 2.60 bits per heavy atom. The molecule has 3 heteroatoms. The molecule has 0 aliphatic rings. The summed E-state index contributed by atoms with van der Waals surface area (Å²) >= 11 is 0. The number of nitrogens with one attached hydrogen (secondary N) is 1. The summed E-state index contributed by atoms with van der Waals surface area (Å²) in [5, 5.41) is 3.30. The second-order valence-electron chi connectivity index (χ2n) is 5.12. The number of hydrogen-bond acceptors (Lipinski definition) is 3. The van der Waals surface area contributed by atoms with Crippen molar-refractivity contribution in [2.45, 2.75) is 39.3 Å². The molecule has 1 N–H and O–H groups in total. The minimum absolute atomic E-state index is 0.0472. The summed E-state index contributed by atoms with van der Waals surface area (Å²) in [4.78, 5) is 0. The lowest BCUT2D eigenvalue weighted by atomic mass is 10.0. The third-order valence-electron chi connectivity index (χ3n) is 3.17. The molecule has 2 rings (SSSR count). The predicted molar refractivity (Wildman–Crippen MR) is 81.2 cm³/mol. The van der Waals surface area contributed by atoms with Crippen molar-refractivity contribution in [1.82, 2.24) is 5.32 Å². The van der Waals surface area contributed by atoms with Crippen LogP contribution >= 0.6 is 0 Å². The highest BCUT2D eigenvalue weighted by Gasteiger charge is 2.16. The van der Waals surface area contributed by atoms with E-state index in [1.807, 2.05) is 45.2 Å². The largest absolute Gasteiger partial charge is 0.491 e. The van der Waals surface area contributed by atoms with Crippen molar-refractivity contribution in [3.63, 3.8) is 0 Å². The molecule has 1 unspecified atom stereocenters. The zero-order valence-electron chi connectivity index (χ0n) is 12.6. The van der Waals surface area contributed by atoms with Crippen molar-refractivity contribution in [1.29, 1.82) is 0 Å². The van der Waals surface area contributed by atoms with Gasteiger partial charge in [0.15, 0.2) is 0 Å². The second-order valence-corrected chi connectivity index (χ2v) is 5.12. The number of rotatable bonds is 6. The van der Waals surface area contributed by atoms with Crippen LogP contribution in [-0.2, 0) is 6.42 Å². The van der Waals surface area contributed by atoms with Crippen molar-refractivity contribution in [2.75, 3.05) is 7.05 Å². The smallest absolute Gasteiger partial charge is 0.125 e. The lowest BCUT2D eigenvalue weighted by Gasteiger charge is -2.16. The molecular weight excluding hydrogens is 250 g/mol. The third-order valence-corrected chi connectivity index (χ3v) is 3.17. The molecule has 0 spiro atoms. The van der Waals surface area contributed by atoms with E-state index in [-0.39, 0.29) is 12.1 Å². The number of benzene rings is 1. The summed E-state index contributed by atoms with van der Waals surface area (Å²) in [6.07, 6.45) is 1.08. The van der Waals surface area contributed by atoms with Crippen LogP contribution in [0.15, 0.2) is 40.8 Å². The van der Waals surface area contributed by atoms with E-state index in [2.05, 4.69) is 24.4 Å². The molecule has 1 aromatic heterocycles. The molecule has 0 aliphatic carbocycles. The van der Waals surface area contributed by atoms with Gasteiger partial charge in [-0.25, -0.2) is 0 Å². The van der Waals surface area contributed by atoms with Gasteiger partial charge in [0.05, 0.1) is 12.1 Å². The van der Waals surface area contributed by atoms with Crippen LogP contribution in [0.1, 0.15) is 43.9 Å². The fourth-order valence-electron chi connectivity index (χ4n) is 2.25. The van der Waals surface area contributed by atoms with Crippen molar-refractivity contribution in [3.8, 4) is 5.75 Å². The number of aryl methyl sites for hydroxylation is 1. The van der Waals surface area contributed by atoms with Crippen LogP contribution < -0.4 is 10.1 Å². The molecule has 2 aromatic rings. The molecule has 3 nitrogen and oxygen atoms in total. The highest BCUT2D eigenvalue weighted by atomic mass is 16.5. The first kappa shape index (κ1) is 14.7. The summed E-state index contributed by atoms with van der Waals surface area (Å²) in [5.74, 6) is 2.83. The Balaban J connectivity index is 2.26. The molecule has 0 radical (unpaired) electrons. The van der Waals surface area contributed by atoms with E-state index in [1.54, 1.807) is 0 Å². The van der Waals surface area contributed by atoms with Gasteiger partial charge in [-0.3, -0.25) is 0 Å². The summed E-state index contributed by atoms with van der Waals surface area (Å²) < 4.78 is 11.6. The fourth-order valence-corrected chi connectivity index (χ4v) is 2.25. The zero-order valence-corrected chi connectivity index (χ0v) is 12.6. The first-order valence-corrected chi connectivity index (χ1v) is 7.16. The highest BCUT2D eigenvalue weighted by molar-refractivity contribution is 5.34. The molecule has 20 heavy (non-hydrogen) atoms. The predicted octanol–water partition coefficient (Wildman–Crippen LogP) is 3.94. The maximum atomic E-state index is 5.86. The molecule has 0 saturated heterocycles. The molecule has 0 saturated carbocycles. The van der Waals surface area contributed by atoms with E-state index in [1.165, 1.54) is 0 Å². The molecular formula is C17H23NO2. The summed E-state index contributed by atoms with van der Waals surface area (Å²) in [5.41, 5.74) is 1.14. The Bertz CT molecular complexity index is 545. The minimum atomic E-state index is 0.0472. The fraction of sp³-hybridized carbons (Fsp3) is 0.412. The average molecular weight is 273 g/mol. The Kier molecular flexibility index (Phi) is 4.85. The van der Waals surface area contributed by atoms with Crippen molar-refractivity contribution >= 4 is 0 Å². The zero-order chi connectivity index (χ0) is 14.5. The van der Waals surface area contributed by atoms with Gasteiger partial charge in [-0.05, 0) is 50.7 Å². The van der Waals surface area contributed by atoms with Gasteiger partial charge in [0.1, 0.15) is 17.3 Å². The molecule has 0 amide bonds. The van der Waals surface area contributed by atoms with E-state index in [0.717, 1.165) is 29.3 Å². The van der Waals surface area contributed by atoms with E-state index in [9.17, 15) is 0 Å². The van der Waals surface area contributed by atoms with E-state index in [0.29, 0.717) is 0 Å². The summed E-state index contributed by atoms with van der Waals surface area (Å²) in [7, 11) is 1.94. The van der Waals surface area contributed by atoms with Crippen LogP contribution in [0.25, 0.3) is 0 Å². The van der Waals surface area contributed by atoms with Crippen LogP contribution in [0.3, 0.4) is 0 Å². The van der Waals surface area contributed by atoms with Gasteiger partial charge >= 0.3 is 0 Å². The number of hydrogen-bond donors (Lipinski definition) is 1. The van der Waals surface area contributed by atoms with Gasteiger partial charge in [0.2, 0.25) is 0 Å². The molecule has 0 aliphatic heterocycles. The van der Waals surface area contributed by atoms with Gasteiger partial charge in [0, 0.05) is 6.42 Å². The number of ether oxygens (including phenoxy) is 1. The standard InChI is InChI=1S/C17H23NO2/c1-5-14-9-10-16(20-14)17(18-4)13-7-6-8-15(11-13)19-12(2)3/h6-12,17-18H,5H2,1-4H3. The Morgan fingerprint density at radius 2 is 2.00 bits per heavy atom. The van der Waals surface area contributed by atoms with Crippen LogP contribution in [0.5, 0.6) is 5.75 Å². The van der Waals surface area contributed by atoms with Crippen molar-refractivity contribution in [2.24, 2.45) is 0 Å². The van der Waals surface area contributed by atoms with Crippen molar-refractivity contribution in [3.05, 3.63) is 53.5 Å².